The molecule has 23 heavy (non-hydrogen) atoms. The van der Waals surface area contributed by atoms with Crippen molar-refractivity contribution >= 4 is 40.1 Å². The number of halogens is 2. The summed E-state index contributed by atoms with van der Waals surface area (Å²) in [5.41, 5.74) is 0.368. The van der Waals surface area contributed by atoms with Crippen molar-refractivity contribution in [3.8, 4) is 0 Å². The van der Waals surface area contributed by atoms with Crippen molar-refractivity contribution in [3.05, 3.63) is 16.7 Å². The molecule has 0 unspecified atom stereocenters. The van der Waals surface area contributed by atoms with E-state index in [2.05, 4.69) is 15.0 Å². The zero-order valence-electron chi connectivity index (χ0n) is 12.6. The van der Waals surface area contributed by atoms with E-state index in [9.17, 15) is 9.50 Å². The standard InChI is InChI=1S/C14H16ClFN4O2S/c1-23-14-18-11-9(8(7-21)17-12(15)10(11)16)13(19-14)20-3-2-5-22-6-4-20/h21H,2-7H2,1H3. The van der Waals surface area contributed by atoms with Crippen LogP contribution in [0.3, 0.4) is 0 Å². The number of ether oxygens (including phenoxy) is 1. The molecule has 9 heteroatoms. The number of aliphatic hydroxyl groups is 1. The summed E-state index contributed by atoms with van der Waals surface area (Å²) in [6.45, 7) is 2.25. The lowest BCUT2D eigenvalue weighted by molar-refractivity contribution is 0.152. The van der Waals surface area contributed by atoms with Crippen LogP contribution in [-0.2, 0) is 11.3 Å². The number of pyridine rings is 1. The van der Waals surface area contributed by atoms with E-state index >= 15 is 0 Å². The van der Waals surface area contributed by atoms with Gasteiger partial charge in [0.05, 0.1) is 24.3 Å². The average Bonchev–Trinajstić information content (AvgIpc) is 2.86. The minimum absolute atomic E-state index is 0.0913. The summed E-state index contributed by atoms with van der Waals surface area (Å²) in [4.78, 5) is 14.7. The summed E-state index contributed by atoms with van der Waals surface area (Å²) < 4.78 is 19.9. The number of hydrogen-bond acceptors (Lipinski definition) is 7. The Morgan fingerprint density at radius 1 is 1.30 bits per heavy atom. The van der Waals surface area contributed by atoms with Crippen LogP contribution < -0.4 is 4.90 Å². The van der Waals surface area contributed by atoms with Gasteiger partial charge in [0.15, 0.2) is 16.1 Å². The monoisotopic (exact) mass is 358 g/mol. The molecule has 3 rings (SSSR count). The third-order valence-corrected chi connectivity index (χ3v) is 4.43. The van der Waals surface area contributed by atoms with Crippen LogP contribution in [0.5, 0.6) is 0 Å². The van der Waals surface area contributed by atoms with E-state index in [0.717, 1.165) is 13.0 Å². The van der Waals surface area contributed by atoms with E-state index in [1.165, 1.54) is 11.8 Å². The van der Waals surface area contributed by atoms with Crippen LogP contribution in [0.1, 0.15) is 12.1 Å². The number of hydrogen-bond donors (Lipinski definition) is 1. The van der Waals surface area contributed by atoms with Crippen LogP contribution in [0.25, 0.3) is 10.9 Å². The second-order valence-corrected chi connectivity index (χ2v) is 6.16. The molecule has 1 saturated heterocycles. The normalized spacial score (nSPS) is 15.9. The lowest BCUT2D eigenvalue weighted by Gasteiger charge is -2.23. The van der Waals surface area contributed by atoms with Crippen molar-refractivity contribution in [1.29, 1.82) is 0 Å². The van der Waals surface area contributed by atoms with Gasteiger partial charge in [-0.05, 0) is 12.7 Å². The molecular weight excluding hydrogens is 343 g/mol. The van der Waals surface area contributed by atoms with Crippen molar-refractivity contribution in [1.82, 2.24) is 15.0 Å². The Hall–Kier alpha value is -1.22. The van der Waals surface area contributed by atoms with Gasteiger partial charge in [-0.3, -0.25) is 0 Å². The highest BCUT2D eigenvalue weighted by molar-refractivity contribution is 7.98. The predicted molar refractivity (Wildman–Crippen MR) is 87.7 cm³/mol. The van der Waals surface area contributed by atoms with Crippen molar-refractivity contribution in [3.63, 3.8) is 0 Å². The van der Waals surface area contributed by atoms with Gasteiger partial charge in [0, 0.05) is 19.7 Å². The second kappa shape index (κ2) is 7.12. The van der Waals surface area contributed by atoms with Gasteiger partial charge in [-0.2, -0.15) is 0 Å². The van der Waals surface area contributed by atoms with Gasteiger partial charge < -0.3 is 14.7 Å². The first-order valence-corrected chi connectivity index (χ1v) is 8.79. The molecule has 0 radical (unpaired) electrons. The van der Waals surface area contributed by atoms with Gasteiger partial charge in [0.2, 0.25) is 0 Å². The number of aromatic nitrogens is 3. The number of anilines is 1. The Labute approximate surface area is 142 Å². The highest BCUT2D eigenvalue weighted by atomic mass is 35.5. The third-order valence-electron chi connectivity index (χ3n) is 3.63. The van der Waals surface area contributed by atoms with Crippen LogP contribution >= 0.6 is 23.4 Å². The summed E-state index contributed by atoms with van der Waals surface area (Å²) in [5.74, 6) is -0.124. The zero-order valence-corrected chi connectivity index (χ0v) is 14.1. The fraction of sp³-hybridized carbons (Fsp3) is 0.500. The smallest absolute Gasteiger partial charge is 0.189 e. The van der Waals surface area contributed by atoms with E-state index < -0.39 is 5.82 Å². The van der Waals surface area contributed by atoms with Crippen molar-refractivity contribution in [2.24, 2.45) is 0 Å². The molecule has 0 aliphatic carbocycles. The van der Waals surface area contributed by atoms with Gasteiger partial charge in [-0.15, -0.1) is 0 Å². The van der Waals surface area contributed by atoms with Gasteiger partial charge in [-0.1, -0.05) is 23.4 Å². The molecule has 2 aromatic heterocycles. The molecular formula is C14H16ClFN4O2S. The van der Waals surface area contributed by atoms with Crippen LogP contribution in [0, 0.1) is 5.82 Å². The van der Waals surface area contributed by atoms with E-state index in [1.807, 2.05) is 11.2 Å². The minimum atomic E-state index is -0.691. The van der Waals surface area contributed by atoms with Gasteiger partial charge in [0.25, 0.3) is 0 Å². The molecule has 0 spiro atoms. The highest BCUT2D eigenvalue weighted by Crippen LogP contribution is 2.33. The maximum atomic E-state index is 14.4. The summed E-state index contributed by atoms with van der Waals surface area (Å²) >= 11 is 7.16. The highest BCUT2D eigenvalue weighted by Gasteiger charge is 2.23. The van der Waals surface area contributed by atoms with Crippen LogP contribution in [0.2, 0.25) is 5.15 Å². The molecule has 6 nitrogen and oxygen atoms in total. The first-order chi connectivity index (χ1) is 11.2. The lowest BCUT2D eigenvalue weighted by Crippen LogP contribution is -2.27. The van der Waals surface area contributed by atoms with Crippen molar-refractivity contribution in [2.75, 3.05) is 37.5 Å². The van der Waals surface area contributed by atoms with Gasteiger partial charge >= 0.3 is 0 Å². The fourth-order valence-corrected chi connectivity index (χ4v) is 3.12. The number of nitrogens with zero attached hydrogens (tertiary/aromatic N) is 4. The third kappa shape index (κ3) is 3.21. The number of fused-ring (bicyclic) bond motifs is 1. The largest absolute Gasteiger partial charge is 0.390 e. The van der Waals surface area contributed by atoms with Crippen LogP contribution in [0.15, 0.2) is 5.16 Å². The molecule has 3 heterocycles. The van der Waals surface area contributed by atoms with Gasteiger partial charge in [-0.25, -0.2) is 19.3 Å². The Kier molecular flexibility index (Phi) is 5.15. The van der Waals surface area contributed by atoms with Gasteiger partial charge in [0.1, 0.15) is 11.3 Å². The number of thioether (sulfide) groups is 1. The van der Waals surface area contributed by atoms with Crippen LogP contribution in [-0.4, -0.2) is 52.6 Å². The molecule has 0 aromatic carbocycles. The molecule has 0 saturated carbocycles. The SMILES string of the molecule is CSc1nc(N2CCCOCC2)c2c(CO)nc(Cl)c(F)c2n1. The maximum Gasteiger partial charge on any atom is 0.189 e. The minimum Gasteiger partial charge on any atom is -0.390 e. The molecule has 0 bridgehead atoms. The maximum absolute atomic E-state index is 14.4. The summed E-state index contributed by atoms with van der Waals surface area (Å²) in [5, 5.41) is 10.2. The Morgan fingerprint density at radius 2 is 2.13 bits per heavy atom. The van der Waals surface area contributed by atoms with E-state index in [1.54, 1.807) is 0 Å². The molecule has 1 aliphatic heterocycles. The molecule has 0 amide bonds. The predicted octanol–water partition coefficient (Wildman–Crippen LogP) is 2.26. The average molecular weight is 359 g/mol. The first kappa shape index (κ1) is 16.6. The molecule has 124 valence electrons. The van der Waals surface area contributed by atoms with Crippen molar-refractivity contribution in [2.45, 2.75) is 18.2 Å². The Bertz CT molecular complexity index is 726. The summed E-state index contributed by atoms with van der Waals surface area (Å²) in [7, 11) is 0. The summed E-state index contributed by atoms with van der Waals surface area (Å²) in [6.07, 6.45) is 2.67. The summed E-state index contributed by atoms with van der Waals surface area (Å²) in [6, 6.07) is 0. The van der Waals surface area contributed by atoms with E-state index in [-0.39, 0.29) is 23.0 Å². The second-order valence-electron chi connectivity index (χ2n) is 5.03. The first-order valence-electron chi connectivity index (χ1n) is 7.19. The molecule has 2 aromatic rings. The lowest BCUT2D eigenvalue weighted by atomic mass is 10.2. The van der Waals surface area contributed by atoms with Crippen LogP contribution in [0.4, 0.5) is 10.2 Å². The van der Waals surface area contributed by atoms with Crippen molar-refractivity contribution < 1.29 is 14.2 Å². The fourth-order valence-electron chi connectivity index (χ4n) is 2.57. The molecule has 1 N–H and O–H groups in total. The molecule has 1 fully saturated rings. The topological polar surface area (TPSA) is 71.4 Å². The molecule has 1 aliphatic rings. The number of aliphatic hydroxyl groups excluding tert-OH is 1. The number of rotatable bonds is 3. The van der Waals surface area contributed by atoms with E-state index in [4.69, 9.17) is 16.3 Å². The Morgan fingerprint density at radius 3 is 2.87 bits per heavy atom. The Balaban J connectivity index is 2.27. The van der Waals surface area contributed by atoms with E-state index in [0.29, 0.717) is 36.1 Å². The quantitative estimate of drug-likeness (QED) is 0.512. The molecule has 0 atom stereocenters. The zero-order chi connectivity index (χ0) is 16.4.